The summed E-state index contributed by atoms with van der Waals surface area (Å²) >= 11 is -7.69. The molecule has 0 aromatic heterocycles. The second-order valence-electron chi connectivity index (χ2n) is 17.0. The maximum absolute atomic E-state index is 8.40. The Kier molecular flexibility index (Phi) is 29.1. The van der Waals surface area contributed by atoms with Gasteiger partial charge in [0.2, 0.25) is 0 Å². The zero-order chi connectivity index (χ0) is 40.0. The minimum absolute atomic E-state index is 1.00. The van der Waals surface area contributed by atoms with E-state index in [1.54, 1.807) is 0 Å². The van der Waals surface area contributed by atoms with Crippen LogP contribution in [0.1, 0.15) is 218 Å². The van der Waals surface area contributed by atoms with E-state index in [0.717, 1.165) is 42.1 Å². The molecular weight excluding hydrogens is 886 g/mol. The molecule has 2 rings (SSSR count). The van der Waals surface area contributed by atoms with Crippen LogP contribution in [-0.4, -0.2) is 38.4 Å². The first-order chi connectivity index (χ1) is 26.8. The molecule has 0 radical (unpaired) electrons. The third-order valence-electron chi connectivity index (χ3n) is 12.1. The molecule has 55 heavy (non-hydrogen) atoms. The van der Waals surface area contributed by atoms with E-state index in [-0.39, 0.29) is 0 Å². The van der Waals surface area contributed by atoms with Crippen molar-refractivity contribution in [1.29, 1.82) is 0 Å². The molecule has 0 saturated carbocycles. The Morgan fingerprint density at radius 3 is 0.909 bits per heavy atom. The molecule has 0 aliphatic rings. The predicted octanol–water partition coefficient (Wildman–Crippen LogP) is 17.2. The second kappa shape index (κ2) is 31.5. The molecule has 2 aromatic carbocycles. The van der Waals surface area contributed by atoms with Crippen molar-refractivity contribution in [2.45, 2.75) is 240 Å². The zero-order valence-corrected chi connectivity index (χ0v) is 43.6. The van der Waals surface area contributed by atoms with E-state index in [1.807, 2.05) is 0 Å². The van der Waals surface area contributed by atoms with Crippen LogP contribution in [0.25, 0.3) is 0 Å². The van der Waals surface area contributed by atoms with Crippen LogP contribution in [0.2, 0.25) is 17.7 Å². The number of hydrogen-bond acceptors (Lipinski definition) is 3. The van der Waals surface area contributed by atoms with Gasteiger partial charge in [0.25, 0.3) is 0 Å². The first-order valence-electron chi connectivity index (χ1n) is 24.1. The summed E-state index contributed by atoms with van der Waals surface area (Å²) in [6.07, 6.45) is 33.5. The standard InChI is InChI=1S/2C9H12O.4C8H17.O.2Sn/c2*1-3-8-7(2)5-4-6-9(8)10;4*1-3-5-7-8-6-4-2;;;/h2*4-6,10H,3H2,1-2H3;4*1,3-8H2,2H3;;;/q;;;;;;;2*+1/p-2. The van der Waals surface area contributed by atoms with Crippen LogP contribution >= 0.6 is 0 Å². The SMILES string of the molecule is CCCCCCC[CH2][Sn]([CH2]CCCCCCC)([O]c1cccc(C)c1CC)[O][Sn]([CH2]CCCCCCC)([CH2]CCCCCCC)[O]c1cccc(C)c1CC. The molecule has 2 aromatic rings. The van der Waals surface area contributed by atoms with Gasteiger partial charge in [-0.1, -0.05) is 0 Å². The summed E-state index contributed by atoms with van der Waals surface area (Å²) in [5, 5.41) is 0. The van der Waals surface area contributed by atoms with Gasteiger partial charge in [0.15, 0.2) is 0 Å². The number of benzene rings is 2. The Bertz CT molecular complexity index is 1100. The molecule has 0 bridgehead atoms. The van der Waals surface area contributed by atoms with Gasteiger partial charge in [0.05, 0.1) is 0 Å². The van der Waals surface area contributed by atoms with Gasteiger partial charge in [-0.05, 0) is 0 Å². The minimum atomic E-state index is -3.85. The topological polar surface area (TPSA) is 27.7 Å². The third-order valence-corrected chi connectivity index (χ3v) is 44.5. The van der Waals surface area contributed by atoms with Gasteiger partial charge in [-0.2, -0.15) is 0 Å². The normalized spacial score (nSPS) is 12.1. The van der Waals surface area contributed by atoms with Crippen molar-refractivity contribution in [2.75, 3.05) is 0 Å². The summed E-state index contributed by atoms with van der Waals surface area (Å²) in [7, 11) is 0. The van der Waals surface area contributed by atoms with Gasteiger partial charge in [-0.25, -0.2) is 0 Å². The number of rotatable bonds is 36. The first kappa shape index (κ1) is 50.7. The predicted molar refractivity (Wildman–Crippen MR) is 248 cm³/mol. The summed E-state index contributed by atoms with van der Waals surface area (Å²) < 4.78 is 28.7. The van der Waals surface area contributed by atoms with Crippen LogP contribution in [0.4, 0.5) is 0 Å². The van der Waals surface area contributed by atoms with Crippen molar-refractivity contribution >= 4 is 38.4 Å². The molecule has 0 atom stereocenters. The fourth-order valence-electron chi connectivity index (χ4n) is 8.59. The average Bonchev–Trinajstić information content (AvgIpc) is 3.17. The summed E-state index contributed by atoms with van der Waals surface area (Å²) in [4.78, 5) is 0. The Hall–Kier alpha value is -0.403. The molecule has 316 valence electrons. The van der Waals surface area contributed by atoms with Gasteiger partial charge < -0.3 is 0 Å². The van der Waals surface area contributed by atoms with E-state index >= 15 is 0 Å². The quantitative estimate of drug-likeness (QED) is 0.0503. The Morgan fingerprint density at radius 2 is 0.636 bits per heavy atom. The molecule has 0 saturated heterocycles. The molecular formula is C50H90O3Sn2. The molecule has 0 N–H and O–H groups in total. The van der Waals surface area contributed by atoms with Crippen LogP contribution in [0.3, 0.4) is 0 Å². The van der Waals surface area contributed by atoms with Crippen molar-refractivity contribution in [1.82, 2.24) is 0 Å². The van der Waals surface area contributed by atoms with Gasteiger partial charge in [-0.15, -0.1) is 0 Å². The summed E-state index contributed by atoms with van der Waals surface area (Å²) in [6.45, 7) is 18.5. The van der Waals surface area contributed by atoms with Crippen LogP contribution in [0.5, 0.6) is 11.5 Å². The Labute approximate surface area is 353 Å². The Balaban J connectivity index is 2.72. The number of unbranched alkanes of at least 4 members (excludes halogenated alkanes) is 20. The first-order valence-corrected chi connectivity index (χ1v) is 36.8. The van der Waals surface area contributed by atoms with E-state index in [9.17, 15) is 0 Å². The van der Waals surface area contributed by atoms with E-state index in [1.165, 1.54) is 176 Å². The molecule has 0 heterocycles. The van der Waals surface area contributed by atoms with Crippen LogP contribution in [0.15, 0.2) is 36.4 Å². The van der Waals surface area contributed by atoms with Crippen LogP contribution in [-0.2, 0) is 14.3 Å². The van der Waals surface area contributed by atoms with Crippen molar-refractivity contribution in [3.8, 4) is 11.5 Å². The monoisotopic (exact) mass is 978 g/mol. The Morgan fingerprint density at radius 1 is 0.364 bits per heavy atom. The van der Waals surface area contributed by atoms with Gasteiger partial charge in [0.1, 0.15) is 0 Å². The molecule has 0 aliphatic carbocycles. The molecule has 0 fully saturated rings. The summed E-state index contributed by atoms with van der Waals surface area (Å²) in [5.41, 5.74) is 5.49. The van der Waals surface area contributed by atoms with E-state index in [4.69, 9.17) is 7.56 Å². The molecule has 3 nitrogen and oxygen atoms in total. The number of hydrogen-bond donors (Lipinski definition) is 0. The van der Waals surface area contributed by atoms with Gasteiger partial charge >= 0.3 is 356 Å². The van der Waals surface area contributed by atoms with Crippen molar-refractivity contribution < 1.29 is 7.56 Å². The molecule has 0 amide bonds. The van der Waals surface area contributed by atoms with E-state index < -0.39 is 38.4 Å². The molecule has 5 heteroatoms. The fraction of sp³-hybridized carbons (Fsp3) is 0.760. The zero-order valence-electron chi connectivity index (χ0n) is 37.9. The van der Waals surface area contributed by atoms with Gasteiger partial charge in [-0.3, -0.25) is 0 Å². The maximum atomic E-state index is 8.40. The molecule has 0 aliphatic heterocycles. The van der Waals surface area contributed by atoms with Crippen LogP contribution in [0, 0.1) is 13.8 Å². The van der Waals surface area contributed by atoms with Crippen LogP contribution < -0.4 is 6.15 Å². The van der Waals surface area contributed by atoms with Crippen molar-refractivity contribution in [3.63, 3.8) is 0 Å². The average molecular weight is 977 g/mol. The van der Waals surface area contributed by atoms with Crippen molar-refractivity contribution in [3.05, 3.63) is 58.7 Å². The van der Waals surface area contributed by atoms with E-state index in [0.29, 0.717) is 0 Å². The van der Waals surface area contributed by atoms with E-state index in [2.05, 4.69) is 91.8 Å². The summed E-state index contributed by atoms with van der Waals surface area (Å²) in [5.74, 6) is 2.28. The summed E-state index contributed by atoms with van der Waals surface area (Å²) in [6, 6.07) is 13.6. The molecule has 0 spiro atoms. The fourth-order valence-corrected chi connectivity index (χ4v) is 49.3. The second-order valence-corrected chi connectivity index (χ2v) is 38.8. The molecule has 0 unspecified atom stereocenters. The van der Waals surface area contributed by atoms with Gasteiger partial charge in [0, 0.05) is 0 Å². The number of aryl methyl sites for hydroxylation is 2. The van der Waals surface area contributed by atoms with Crippen molar-refractivity contribution in [2.24, 2.45) is 0 Å². The third kappa shape index (κ3) is 20.4.